The van der Waals surface area contributed by atoms with E-state index in [4.69, 9.17) is 8.83 Å². The van der Waals surface area contributed by atoms with E-state index in [1.54, 1.807) is 12.1 Å². The van der Waals surface area contributed by atoms with Crippen LogP contribution in [0.4, 0.5) is 14.5 Å². The average molecular weight is 602 g/mol. The Morgan fingerprint density at radius 1 is 0.860 bits per heavy atom. The lowest BCUT2D eigenvalue weighted by Gasteiger charge is -2.21. The number of nitrogens with one attached hydrogen (secondary N) is 1. The van der Waals surface area contributed by atoms with Gasteiger partial charge >= 0.3 is 0 Å². The molecule has 0 aliphatic carbocycles. The highest BCUT2D eigenvalue weighted by Gasteiger charge is 2.26. The zero-order chi connectivity index (χ0) is 30.6. The Morgan fingerprint density at radius 2 is 1.58 bits per heavy atom. The molecule has 8 nitrogen and oxygen atoms in total. The van der Waals surface area contributed by atoms with Gasteiger partial charge in [-0.2, -0.15) is 0 Å². The van der Waals surface area contributed by atoms with E-state index < -0.39 is 27.6 Å². The summed E-state index contributed by atoms with van der Waals surface area (Å²) < 4.78 is 67.4. The highest BCUT2D eigenvalue weighted by molar-refractivity contribution is 7.92. The number of carbonyl (C=O) groups excluding carboxylic acids is 1. The number of carbonyl (C=O) groups is 1. The highest BCUT2D eigenvalue weighted by Crippen LogP contribution is 2.42. The van der Waals surface area contributed by atoms with Crippen LogP contribution in [-0.2, 0) is 10.0 Å². The van der Waals surface area contributed by atoms with Gasteiger partial charge in [0, 0.05) is 42.2 Å². The Bertz CT molecular complexity index is 2170. The maximum Gasteiger partial charge on any atom is 0.255 e. The van der Waals surface area contributed by atoms with Gasteiger partial charge < -0.3 is 14.2 Å². The molecule has 6 aromatic rings. The summed E-state index contributed by atoms with van der Waals surface area (Å²) in [7, 11) is -0.955. The van der Waals surface area contributed by atoms with Gasteiger partial charge in [0.25, 0.3) is 5.91 Å². The van der Waals surface area contributed by atoms with Crippen LogP contribution in [0.3, 0.4) is 0 Å². The van der Waals surface area contributed by atoms with Crippen LogP contribution in [0.1, 0.15) is 15.9 Å². The molecule has 0 saturated heterocycles. The molecule has 2 aromatic heterocycles. The minimum Gasteiger partial charge on any atom is -0.455 e. The Balaban J connectivity index is 1.62. The molecule has 0 spiro atoms. The normalized spacial score (nSPS) is 11.8. The first kappa shape index (κ1) is 28.1. The molecule has 11 heteroatoms. The summed E-state index contributed by atoms with van der Waals surface area (Å²) in [6.45, 7) is 1.92. The fourth-order valence-corrected chi connectivity index (χ4v) is 5.49. The van der Waals surface area contributed by atoms with E-state index in [0.717, 1.165) is 16.1 Å². The van der Waals surface area contributed by atoms with Crippen LogP contribution in [0.2, 0.25) is 0 Å². The molecule has 1 N–H and O–H groups in total. The molecule has 0 bridgehead atoms. The van der Waals surface area contributed by atoms with Gasteiger partial charge in [0.15, 0.2) is 5.58 Å². The summed E-state index contributed by atoms with van der Waals surface area (Å²) in [5.41, 5.74) is 4.07. The lowest BCUT2D eigenvalue weighted by atomic mass is 9.97. The van der Waals surface area contributed by atoms with Crippen molar-refractivity contribution in [2.45, 2.75) is 6.92 Å². The van der Waals surface area contributed by atoms with E-state index in [9.17, 15) is 17.6 Å². The molecule has 43 heavy (non-hydrogen) atoms. The van der Waals surface area contributed by atoms with E-state index >= 15 is 4.39 Å². The van der Waals surface area contributed by atoms with Crippen molar-refractivity contribution >= 4 is 43.7 Å². The Hall–Kier alpha value is -5.03. The fraction of sp³-hybridized carbons (Fsp3) is 0.125. The molecule has 1 amide bonds. The second-order valence-electron chi connectivity index (χ2n) is 10.2. The van der Waals surface area contributed by atoms with Gasteiger partial charge in [-0.05, 0) is 78.7 Å². The molecule has 2 heterocycles. The Labute approximate surface area is 245 Å². The second-order valence-corrected chi connectivity index (χ2v) is 12.2. The predicted octanol–water partition coefficient (Wildman–Crippen LogP) is 6.92. The number of fused-ring (bicyclic) bond motifs is 2. The number of nitrogens with zero attached hydrogens (tertiary/aromatic N) is 2. The largest absolute Gasteiger partial charge is 0.455 e. The molecule has 218 valence electrons. The first-order valence-electron chi connectivity index (χ1n) is 13.1. The summed E-state index contributed by atoms with van der Waals surface area (Å²) in [6.07, 6.45) is 1.04. The Kier molecular flexibility index (Phi) is 6.77. The monoisotopic (exact) mass is 601 g/mol. The van der Waals surface area contributed by atoms with Gasteiger partial charge in [0.05, 0.1) is 17.5 Å². The average Bonchev–Trinajstić information content (AvgIpc) is 3.56. The van der Waals surface area contributed by atoms with Gasteiger partial charge in [-0.15, -0.1) is 0 Å². The number of aromatic nitrogens is 1. The molecular formula is C32H25F2N3O5S. The summed E-state index contributed by atoms with van der Waals surface area (Å²) in [5.74, 6) is -1.19. The number of rotatable bonds is 6. The van der Waals surface area contributed by atoms with Gasteiger partial charge in [-0.25, -0.2) is 22.2 Å². The van der Waals surface area contributed by atoms with Crippen LogP contribution in [0.5, 0.6) is 0 Å². The molecule has 0 unspecified atom stereocenters. The predicted molar refractivity (Wildman–Crippen MR) is 161 cm³/mol. The number of oxazole rings is 1. The molecule has 4 aromatic carbocycles. The minimum atomic E-state index is -3.78. The lowest BCUT2D eigenvalue weighted by molar-refractivity contribution is 0.0964. The van der Waals surface area contributed by atoms with E-state index in [0.29, 0.717) is 38.7 Å². The topological polar surface area (TPSA) is 106 Å². The van der Waals surface area contributed by atoms with Gasteiger partial charge in [-0.1, -0.05) is 6.07 Å². The first-order chi connectivity index (χ1) is 20.4. The number of sulfonamides is 1. The van der Waals surface area contributed by atoms with Crippen LogP contribution in [0.15, 0.2) is 81.6 Å². The number of furan rings is 1. The maximum absolute atomic E-state index is 15.2. The second kappa shape index (κ2) is 10.4. The molecule has 0 radical (unpaired) electrons. The SMILES string of the molecule is CNC(=O)c1c(-c2ccc(F)cc2)oc2cc(N(C)S(C)(=O)=O)c(-c3cc(F)cc(-c4nc5ccc(C)cc5o4)c3)cc12. The molecule has 0 fully saturated rings. The van der Waals surface area contributed by atoms with Crippen molar-refractivity contribution in [2.24, 2.45) is 0 Å². The number of hydrogen-bond acceptors (Lipinski definition) is 6. The molecule has 6 rings (SSSR count). The van der Waals surface area contributed by atoms with Gasteiger partial charge in [-0.3, -0.25) is 9.10 Å². The summed E-state index contributed by atoms with van der Waals surface area (Å²) in [6, 6.07) is 18.2. The number of halogens is 2. The lowest BCUT2D eigenvalue weighted by Crippen LogP contribution is -2.25. The zero-order valence-electron chi connectivity index (χ0n) is 23.5. The minimum absolute atomic E-state index is 0.157. The van der Waals surface area contributed by atoms with Crippen LogP contribution < -0.4 is 9.62 Å². The number of aryl methyl sites for hydroxylation is 1. The van der Waals surface area contributed by atoms with Crippen molar-refractivity contribution in [2.75, 3.05) is 24.7 Å². The van der Waals surface area contributed by atoms with Crippen molar-refractivity contribution in [3.05, 3.63) is 95.6 Å². The maximum atomic E-state index is 15.2. The van der Waals surface area contributed by atoms with E-state index in [-0.39, 0.29) is 28.5 Å². The third kappa shape index (κ3) is 5.12. The zero-order valence-corrected chi connectivity index (χ0v) is 24.3. The number of anilines is 1. The van der Waals surface area contributed by atoms with Crippen LogP contribution >= 0.6 is 0 Å². The molecule has 0 saturated carbocycles. The van der Waals surface area contributed by atoms with E-state index in [1.165, 1.54) is 56.6 Å². The summed E-state index contributed by atoms with van der Waals surface area (Å²) in [4.78, 5) is 17.6. The summed E-state index contributed by atoms with van der Waals surface area (Å²) in [5, 5.41) is 2.95. The highest BCUT2D eigenvalue weighted by atomic mass is 32.2. The van der Waals surface area contributed by atoms with Crippen molar-refractivity contribution in [3.63, 3.8) is 0 Å². The molecular weight excluding hydrogens is 576 g/mol. The summed E-state index contributed by atoms with van der Waals surface area (Å²) >= 11 is 0. The van der Waals surface area contributed by atoms with Crippen molar-refractivity contribution < 1.29 is 30.8 Å². The quantitative estimate of drug-likeness (QED) is 0.222. The van der Waals surface area contributed by atoms with Gasteiger partial charge in [0.1, 0.15) is 28.5 Å². The van der Waals surface area contributed by atoms with Crippen molar-refractivity contribution in [1.82, 2.24) is 10.3 Å². The van der Waals surface area contributed by atoms with Crippen molar-refractivity contribution in [1.29, 1.82) is 0 Å². The standard InChI is InChI=1S/C32H25F2N3O5S/c1-17-5-10-25-28(11-17)42-32(36-25)20-12-19(13-22(34)14-20)23-15-24-27(16-26(23)37(3)43(4,39)40)41-30(29(24)31(38)35-2)18-6-8-21(33)9-7-18/h5-16H,1-4H3,(H,35,38). The van der Waals surface area contributed by atoms with E-state index in [1.807, 2.05) is 25.1 Å². The third-order valence-corrected chi connectivity index (χ3v) is 8.39. The number of amides is 1. The number of hydrogen-bond donors (Lipinski definition) is 1. The van der Waals surface area contributed by atoms with Gasteiger partial charge in [0.2, 0.25) is 15.9 Å². The first-order valence-corrected chi connectivity index (χ1v) is 15.0. The van der Waals surface area contributed by atoms with Crippen LogP contribution in [-0.4, -0.2) is 39.7 Å². The Morgan fingerprint density at radius 3 is 2.28 bits per heavy atom. The molecule has 0 aliphatic rings. The third-order valence-electron chi connectivity index (χ3n) is 7.20. The molecule has 0 aliphatic heterocycles. The van der Waals surface area contributed by atoms with Crippen LogP contribution in [0.25, 0.3) is 56.0 Å². The fourth-order valence-electron chi connectivity index (χ4n) is 4.98. The smallest absolute Gasteiger partial charge is 0.255 e. The van der Waals surface area contributed by atoms with Crippen LogP contribution in [0, 0.1) is 18.6 Å². The molecule has 0 atom stereocenters. The van der Waals surface area contributed by atoms with E-state index in [2.05, 4.69) is 10.3 Å². The van der Waals surface area contributed by atoms with Crippen molar-refractivity contribution in [3.8, 4) is 33.9 Å². The number of benzene rings is 4.